The molecule has 16 nitrogen and oxygen atoms in total. The van der Waals surface area contributed by atoms with E-state index in [0.29, 0.717) is 69.9 Å². The van der Waals surface area contributed by atoms with E-state index >= 15 is 0 Å². The summed E-state index contributed by atoms with van der Waals surface area (Å²) in [6.45, 7) is 0. The molecule has 0 spiro atoms. The normalized spacial score (nSPS) is 17.1. The van der Waals surface area contributed by atoms with Crippen LogP contribution in [0.25, 0.3) is 0 Å². The monoisotopic (exact) mass is 1030 g/mol. The highest BCUT2D eigenvalue weighted by molar-refractivity contribution is 7.16. The number of rotatable bonds is 20. The third-order valence-corrected chi connectivity index (χ3v) is 17.3. The molecule has 10 rings (SSSR count). The molecule has 0 saturated heterocycles. The van der Waals surface area contributed by atoms with Gasteiger partial charge in [-0.1, -0.05) is 69.6 Å². The van der Waals surface area contributed by atoms with Crippen LogP contribution in [0.5, 0.6) is 0 Å². The molecule has 0 bridgehead atoms. The van der Waals surface area contributed by atoms with Gasteiger partial charge < -0.3 is 21.3 Å². The SMILES string of the molecule is O=C(Cc1cccs1)Nc1nnc(CC2C[C@H]2Cc2nnc(NC(=O)Cc3cccs3)s2)s1.O=C(Cc1cccs1)Nc1nnc(C[C@H]2C[C@@H]2Cc2nnc(NC(=O)Cc3cccs3)s2)s1. The Labute approximate surface area is 410 Å². The summed E-state index contributed by atoms with van der Waals surface area (Å²) in [6, 6.07) is 15.5. The van der Waals surface area contributed by atoms with Crippen molar-refractivity contribution in [2.24, 2.45) is 23.7 Å². The maximum atomic E-state index is 12.1. The number of aromatic nitrogens is 8. The number of nitrogens with zero attached hydrogens (tertiary/aromatic N) is 8. The zero-order chi connectivity index (χ0) is 45.2. The molecule has 8 aromatic heterocycles. The largest absolute Gasteiger partial charge is 0.300 e. The lowest BCUT2D eigenvalue weighted by Crippen LogP contribution is -2.13. The summed E-state index contributed by atoms with van der Waals surface area (Å²) in [6.07, 6.45) is 7.06. The van der Waals surface area contributed by atoms with Gasteiger partial charge in [0.2, 0.25) is 44.2 Å². The zero-order valence-corrected chi connectivity index (χ0v) is 41.3. The van der Waals surface area contributed by atoms with Crippen molar-refractivity contribution in [2.75, 3.05) is 21.3 Å². The molecule has 2 aliphatic rings. The molecule has 1 unspecified atom stereocenters. The van der Waals surface area contributed by atoms with Crippen molar-refractivity contribution < 1.29 is 19.2 Å². The van der Waals surface area contributed by atoms with Crippen molar-refractivity contribution in [2.45, 2.75) is 64.2 Å². The average Bonchev–Trinajstić information content (AvgIpc) is 4.01. The van der Waals surface area contributed by atoms with Gasteiger partial charge in [0.05, 0.1) is 25.7 Å². The van der Waals surface area contributed by atoms with Gasteiger partial charge in [-0.3, -0.25) is 19.2 Å². The Kier molecular flexibility index (Phi) is 15.5. The molecule has 66 heavy (non-hydrogen) atoms. The van der Waals surface area contributed by atoms with Crippen LogP contribution < -0.4 is 21.3 Å². The van der Waals surface area contributed by atoms with Crippen molar-refractivity contribution >= 4 is 135 Å². The van der Waals surface area contributed by atoms with Gasteiger partial charge in [0, 0.05) is 45.2 Å². The first-order chi connectivity index (χ1) is 32.2. The third-order valence-electron chi connectivity index (χ3n) is 10.4. The molecule has 0 aromatic carbocycles. The molecular weight excluding hydrogens is 993 g/mol. The van der Waals surface area contributed by atoms with Crippen LogP contribution in [0, 0.1) is 23.7 Å². The number of carbonyl (C=O) groups is 4. The fourth-order valence-corrected chi connectivity index (χ4v) is 13.2. The molecule has 4 amide bonds. The van der Waals surface area contributed by atoms with E-state index in [9.17, 15) is 19.2 Å². The lowest BCUT2D eigenvalue weighted by molar-refractivity contribution is -0.116. The number of carbonyl (C=O) groups excluding carboxylic acids is 4. The third kappa shape index (κ3) is 14.0. The number of anilines is 4. The fourth-order valence-electron chi connectivity index (χ4n) is 7.00. The van der Waals surface area contributed by atoms with Crippen molar-refractivity contribution in [1.82, 2.24) is 40.8 Å². The molecule has 8 heterocycles. The summed E-state index contributed by atoms with van der Waals surface area (Å²) in [5.41, 5.74) is 0. The Morgan fingerprint density at radius 1 is 0.394 bits per heavy atom. The number of hydrogen-bond acceptors (Lipinski definition) is 20. The number of hydrogen-bond donors (Lipinski definition) is 4. The molecule has 0 radical (unpaired) electrons. The summed E-state index contributed by atoms with van der Waals surface area (Å²) < 4.78 is 0. The van der Waals surface area contributed by atoms with Crippen molar-refractivity contribution in [3.63, 3.8) is 0 Å². The fraction of sp³-hybridized carbons (Fsp3) is 0.333. The van der Waals surface area contributed by atoms with Gasteiger partial charge in [-0.2, -0.15) is 0 Å². The molecule has 2 saturated carbocycles. The summed E-state index contributed by atoms with van der Waals surface area (Å²) in [7, 11) is 0. The summed E-state index contributed by atoms with van der Waals surface area (Å²) in [5, 5.41) is 58.6. The molecule has 8 aromatic rings. The molecular formula is C42H40N12O4S8. The van der Waals surface area contributed by atoms with Crippen molar-refractivity contribution in [1.29, 1.82) is 0 Å². The van der Waals surface area contributed by atoms with E-state index in [1.54, 1.807) is 45.3 Å². The maximum Gasteiger partial charge on any atom is 0.231 e. The van der Waals surface area contributed by atoms with Crippen LogP contribution in [0.2, 0.25) is 0 Å². The first-order valence-corrected chi connectivity index (χ1v) is 27.6. The van der Waals surface area contributed by atoms with Crippen LogP contribution in [0.1, 0.15) is 52.4 Å². The summed E-state index contributed by atoms with van der Waals surface area (Å²) >= 11 is 12.0. The predicted molar refractivity (Wildman–Crippen MR) is 264 cm³/mol. The lowest BCUT2D eigenvalue weighted by atomic mass is 10.2. The van der Waals surface area contributed by atoms with E-state index in [1.165, 1.54) is 45.3 Å². The first-order valence-electron chi connectivity index (χ1n) is 20.8. The topological polar surface area (TPSA) is 220 Å². The molecule has 340 valence electrons. The predicted octanol–water partition coefficient (Wildman–Crippen LogP) is 8.59. The van der Waals surface area contributed by atoms with Crippen LogP contribution in [0.15, 0.2) is 70.1 Å². The molecule has 2 fully saturated rings. The minimum Gasteiger partial charge on any atom is -0.300 e. The second kappa shape index (κ2) is 22.1. The van der Waals surface area contributed by atoms with E-state index < -0.39 is 0 Å². The van der Waals surface area contributed by atoms with Crippen LogP contribution in [0.4, 0.5) is 20.5 Å². The first kappa shape index (κ1) is 46.0. The van der Waals surface area contributed by atoms with Gasteiger partial charge in [0.1, 0.15) is 20.0 Å². The van der Waals surface area contributed by atoms with E-state index in [-0.39, 0.29) is 23.6 Å². The Morgan fingerprint density at radius 2 is 0.636 bits per heavy atom. The van der Waals surface area contributed by atoms with Gasteiger partial charge >= 0.3 is 0 Å². The quantitative estimate of drug-likeness (QED) is 0.0564. The van der Waals surface area contributed by atoms with Gasteiger partial charge in [-0.25, -0.2) is 0 Å². The number of thiophene rings is 4. The molecule has 2 aliphatic carbocycles. The second-order valence-electron chi connectivity index (χ2n) is 15.5. The van der Waals surface area contributed by atoms with Gasteiger partial charge in [0.15, 0.2) is 0 Å². The van der Waals surface area contributed by atoms with Gasteiger partial charge in [0.25, 0.3) is 0 Å². The second-order valence-corrected chi connectivity index (χ2v) is 23.9. The highest BCUT2D eigenvalue weighted by atomic mass is 32.1. The van der Waals surface area contributed by atoms with Gasteiger partial charge in [-0.15, -0.1) is 86.1 Å². The highest BCUT2D eigenvalue weighted by Crippen LogP contribution is 2.45. The van der Waals surface area contributed by atoms with Gasteiger partial charge in [-0.05, 0) is 82.3 Å². The van der Waals surface area contributed by atoms with E-state index in [2.05, 4.69) is 62.1 Å². The van der Waals surface area contributed by atoms with Crippen molar-refractivity contribution in [3.05, 3.63) is 110 Å². The minimum atomic E-state index is -0.0704. The Morgan fingerprint density at radius 3 is 0.848 bits per heavy atom. The average molecular weight is 1030 g/mol. The molecule has 4 N–H and O–H groups in total. The molecule has 0 aliphatic heterocycles. The number of nitrogens with one attached hydrogen (secondary N) is 4. The van der Waals surface area contributed by atoms with Crippen LogP contribution in [-0.2, 0) is 70.5 Å². The Balaban J connectivity index is 0.000000166. The maximum absolute atomic E-state index is 12.1. The smallest absolute Gasteiger partial charge is 0.231 e. The van der Waals surface area contributed by atoms with Crippen LogP contribution in [-0.4, -0.2) is 64.4 Å². The number of amides is 4. The molecule has 24 heteroatoms. The Hall–Kier alpha value is -5.08. The summed E-state index contributed by atoms with van der Waals surface area (Å²) in [4.78, 5) is 52.6. The van der Waals surface area contributed by atoms with Crippen LogP contribution >= 0.6 is 90.7 Å². The zero-order valence-electron chi connectivity index (χ0n) is 34.8. The lowest BCUT2D eigenvalue weighted by Gasteiger charge is -1.98. The van der Waals surface area contributed by atoms with E-state index in [1.807, 2.05) is 70.1 Å². The summed E-state index contributed by atoms with van der Waals surface area (Å²) in [5.74, 6) is 1.86. The highest BCUT2D eigenvalue weighted by Gasteiger charge is 2.39. The Bertz CT molecular complexity index is 2440. The van der Waals surface area contributed by atoms with Crippen LogP contribution in [0.3, 0.4) is 0 Å². The minimum absolute atomic E-state index is 0.0704. The van der Waals surface area contributed by atoms with E-state index in [4.69, 9.17) is 0 Å². The van der Waals surface area contributed by atoms with E-state index in [0.717, 1.165) is 78.1 Å². The standard InChI is InChI=1S/2C21H20N6O2S4/c2*28-16(10-14-3-1-5-30-14)22-20-26-24-18(32-20)8-12-7-13(12)9-19-25-27-21(33-19)23-17(29)11-15-4-2-6-31-15/h2*1-6,12-13H,7-11H2,(H,22,26,28)(H,23,27,29)/t12-,13?;12-,13-/m01/s1. The molecule has 4 atom stereocenters. The van der Waals surface area contributed by atoms with Crippen molar-refractivity contribution in [3.8, 4) is 0 Å².